The highest BCUT2D eigenvalue weighted by molar-refractivity contribution is 7.33. The topological polar surface area (TPSA) is 30.7 Å². The summed E-state index contributed by atoms with van der Waals surface area (Å²) in [6.07, 6.45) is 0. The normalized spacial score (nSPS) is 12.1. The predicted octanol–water partition coefficient (Wildman–Crippen LogP) is 12.8. The van der Waals surface area contributed by atoms with Crippen LogP contribution in [-0.2, 0) is 0 Å². The Bertz CT molecular complexity index is 3110. The van der Waals surface area contributed by atoms with E-state index in [0.29, 0.717) is 0 Å². The lowest BCUT2D eigenvalue weighted by Gasteiger charge is -2.13. The fourth-order valence-electron chi connectivity index (χ4n) is 7.70. The lowest BCUT2D eigenvalue weighted by atomic mass is 10.0. The minimum Gasteiger partial charge on any atom is -0.309 e. The van der Waals surface area contributed by atoms with Crippen molar-refractivity contribution in [2.45, 2.75) is 0 Å². The summed E-state index contributed by atoms with van der Waals surface area (Å²) in [4.78, 5) is 10.3. The summed E-state index contributed by atoms with van der Waals surface area (Å²) in [7, 11) is 0. The first-order chi connectivity index (χ1) is 24.3. The van der Waals surface area contributed by atoms with Crippen molar-refractivity contribution in [1.29, 1.82) is 0 Å². The molecule has 0 saturated carbocycles. The molecule has 0 bridgehead atoms. The van der Waals surface area contributed by atoms with Gasteiger partial charge in [-0.3, -0.25) is 0 Å². The van der Waals surface area contributed by atoms with Gasteiger partial charge in [0.25, 0.3) is 0 Å². The van der Waals surface area contributed by atoms with Gasteiger partial charge in [0, 0.05) is 63.9 Å². The van der Waals surface area contributed by atoms with Crippen LogP contribution in [-0.4, -0.2) is 14.5 Å². The van der Waals surface area contributed by atoms with Crippen LogP contribution in [0.15, 0.2) is 152 Å². The van der Waals surface area contributed by atoms with Crippen LogP contribution in [0.3, 0.4) is 0 Å². The zero-order valence-corrected chi connectivity index (χ0v) is 27.7. The van der Waals surface area contributed by atoms with E-state index in [-0.39, 0.29) is 0 Å². The monoisotopic (exact) mass is 659 g/mol. The number of aromatic nitrogens is 3. The van der Waals surface area contributed by atoms with Crippen molar-refractivity contribution >= 4 is 95.7 Å². The Balaban J connectivity index is 1.27. The molecule has 0 aliphatic heterocycles. The van der Waals surface area contributed by atoms with E-state index in [2.05, 4.69) is 144 Å². The molecule has 5 heteroatoms. The second-order valence-electron chi connectivity index (χ2n) is 12.5. The van der Waals surface area contributed by atoms with Crippen molar-refractivity contribution < 1.29 is 0 Å². The Kier molecular flexibility index (Phi) is 5.70. The SMILES string of the molecule is c1ccc(-c2nc(-c3cccc(-n4c5ccccc5c5c6c7ccccc7sc6c6sc7ccccc7c6c54)c3)nc3ccccc23)cc1. The van der Waals surface area contributed by atoms with Gasteiger partial charge in [-0.1, -0.05) is 115 Å². The lowest BCUT2D eigenvalue weighted by molar-refractivity contribution is 1.18. The third kappa shape index (κ3) is 3.88. The zero-order valence-electron chi connectivity index (χ0n) is 26.1. The molecule has 0 amide bonds. The number of thiophene rings is 2. The summed E-state index contributed by atoms with van der Waals surface area (Å²) in [5, 5.41) is 8.93. The summed E-state index contributed by atoms with van der Waals surface area (Å²) >= 11 is 3.83. The van der Waals surface area contributed by atoms with Gasteiger partial charge < -0.3 is 4.57 Å². The van der Waals surface area contributed by atoms with Crippen LogP contribution in [0, 0.1) is 0 Å². The van der Waals surface area contributed by atoms with Crippen molar-refractivity contribution in [1.82, 2.24) is 14.5 Å². The first-order valence-electron chi connectivity index (χ1n) is 16.4. The molecule has 4 heterocycles. The molecule has 4 aromatic heterocycles. The van der Waals surface area contributed by atoms with E-state index in [1.807, 2.05) is 34.8 Å². The van der Waals surface area contributed by atoms with Gasteiger partial charge in [0.2, 0.25) is 0 Å². The number of benzene rings is 7. The molecular formula is C44H25N3S2. The van der Waals surface area contributed by atoms with Gasteiger partial charge in [-0.2, -0.15) is 0 Å². The van der Waals surface area contributed by atoms with E-state index in [0.717, 1.165) is 39.2 Å². The average molecular weight is 660 g/mol. The van der Waals surface area contributed by atoms with Gasteiger partial charge in [-0.15, -0.1) is 22.7 Å². The minimum atomic E-state index is 0.720. The fourth-order valence-corrected chi connectivity index (χ4v) is 10.3. The van der Waals surface area contributed by atoms with Gasteiger partial charge in [0.1, 0.15) is 0 Å². The second kappa shape index (κ2) is 10.3. The highest BCUT2D eigenvalue weighted by Crippen LogP contribution is 2.52. The Morgan fingerprint density at radius 1 is 0.449 bits per heavy atom. The predicted molar refractivity (Wildman–Crippen MR) is 211 cm³/mol. The molecule has 228 valence electrons. The maximum atomic E-state index is 5.22. The molecule has 11 aromatic rings. The molecule has 0 N–H and O–H groups in total. The molecule has 0 fully saturated rings. The van der Waals surface area contributed by atoms with E-state index < -0.39 is 0 Å². The van der Waals surface area contributed by atoms with Crippen molar-refractivity contribution in [2.75, 3.05) is 0 Å². The van der Waals surface area contributed by atoms with Crippen LogP contribution in [0.4, 0.5) is 0 Å². The van der Waals surface area contributed by atoms with Crippen molar-refractivity contribution in [3.05, 3.63) is 152 Å². The molecule has 0 radical (unpaired) electrons. The van der Waals surface area contributed by atoms with E-state index in [1.165, 1.54) is 62.2 Å². The van der Waals surface area contributed by atoms with Gasteiger partial charge in [-0.25, -0.2) is 9.97 Å². The summed E-state index contributed by atoms with van der Waals surface area (Å²) in [6.45, 7) is 0. The molecule has 0 aliphatic carbocycles. The van der Waals surface area contributed by atoms with Gasteiger partial charge in [0.05, 0.1) is 31.6 Å². The van der Waals surface area contributed by atoms with Crippen LogP contribution in [0.5, 0.6) is 0 Å². The highest BCUT2D eigenvalue weighted by atomic mass is 32.1. The summed E-state index contributed by atoms with van der Waals surface area (Å²) in [6, 6.07) is 54.2. The van der Waals surface area contributed by atoms with Crippen LogP contribution < -0.4 is 0 Å². The average Bonchev–Trinajstić information content (AvgIpc) is 3.85. The second-order valence-corrected chi connectivity index (χ2v) is 14.6. The van der Waals surface area contributed by atoms with Crippen LogP contribution >= 0.6 is 22.7 Å². The summed E-state index contributed by atoms with van der Waals surface area (Å²) in [5.74, 6) is 0.720. The third-order valence-electron chi connectivity index (χ3n) is 9.77. The molecule has 49 heavy (non-hydrogen) atoms. The lowest BCUT2D eigenvalue weighted by Crippen LogP contribution is -1.98. The fraction of sp³-hybridized carbons (Fsp3) is 0. The minimum absolute atomic E-state index is 0.720. The Labute approximate surface area is 289 Å². The van der Waals surface area contributed by atoms with Gasteiger partial charge in [-0.05, 0) is 36.4 Å². The first kappa shape index (κ1) is 27.1. The first-order valence-corrected chi connectivity index (χ1v) is 18.1. The quantitative estimate of drug-likeness (QED) is 0.189. The number of hydrogen-bond donors (Lipinski definition) is 0. The maximum Gasteiger partial charge on any atom is 0.160 e. The maximum absolute atomic E-state index is 5.22. The molecule has 0 aliphatic rings. The number of para-hydroxylation sites is 2. The van der Waals surface area contributed by atoms with E-state index in [1.54, 1.807) is 0 Å². The Morgan fingerprint density at radius 2 is 1.06 bits per heavy atom. The van der Waals surface area contributed by atoms with Crippen molar-refractivity contribution in [3.63, 3.8) is 0 Å². The van der Waals surface area contributed by atoms with Crippen LogP contribution in [0.2, 0.25) is 0 Å². The van der Waals surface area contributed by atoms with Crippen LogP contribution in [0.1, 0.15) is 0 Å². The van der Waals surface area contributed by atoms with Gasteiger partial charge in [0.15, 0.2) is 5.82 Å². The molecule has 0 spiro atoms. The number of fused-ring (bicyclic) bond motifs is 13. The molecular weight excluding hydrogens is 635 g/mol. The number of hydrogen-bond acceptors (Lipinski definition) is 4. The Hall–Kier alpha value is -5.88. The summed E-state index contributed by atoms with van der Waals surface area (Å²) < 4.78 is 7.85. The molecule has 7 aromatic carbocycles. The molecule has 0 unspecified atom stereocenters. The molecule has 0 atom stereocenters. The zero-order chi connectivity index (χ0) is 32.1. The molecule has 0 saturated heterocycles. The van der Waals surface area contributed by atoms with Gasteiger partial charge >= 0.3 is 0 Å². The van der Waals surface area contributed by atoms with E-state index in [4.69, 9.17) is 9.97 Å². The smallest absolute Gasteiger partial charge is 0.160 e. The summed E-state index contributed by atoms with van der Waals surface area (Å²) in [5.41, 5.74) is 7.50. The van der Waals surface area contributed by atoms with Crippen molar-refractivity contribution in [3.8, 4) is 28.3 Å². The molecule has 11 rings (SSSR count). The largest absolute Gasteiger partial charge is 0.309 e. The van der Waals surface area contributed by atoms with Crippen LogP contribution in [0.25, 0.3) is 101 Å². The number of nitrogens with zero attached hydrogens (tertiary/aromatic N) is 3. The molecule has 3 nitrogen and oxygen atoms in total. The standard InChI is InChI=1S/C44H25N3S2/c1-2-13-26(14-3-1)40-29-17-4-8-21-33(29)45-44(46-40)27-15-12-16-28(25-27)47-34-22-9-5-18-30(34)37-38-31-19-6-10-23-35(31)48-42(38)43-39(41(37)47)32-20-7-11-24-36(32)49-43/h1-25H. The van der Waals surface area contributed by atoms with E-state index in [9.17, 15) is 0 Å². The number of rotatable bonds is 3. The highest BCUT2D eigenvalue weighted by Gasteiger charge is 2.24. The van der Waals surface area contributed by atoms with Crippen molar-refractivity contribution in [2.24, 2.45) is 0 Å². The Morgan fingerprint density at radius 3 is 1.86 bits per heavy atom. The third-order valence-corrected chi connectivity index (χ3v) is 12.3. The van der Waals surface area contributed by atoms with E-state index >= 15 is 0 Å².